The number of amides is 1. The van der Waals surface area contributed by atoms with Crippen LogP contribution in [0.4, 0.5) is 0 Å². The number of benzene rings is 1. The van der Waals surface area contributed by atoms with E-state index >= 15 is 0 Å². The number of aliphatic hydroxyl groups is 1. The molecule has 1 saturated heterocycles. The fraction of sp³-hybridized carbons (Fsp3) is 0.312. The van der Waals surface area contributed by atoms with E-state index in [-0.39, 0.29) is 5.91 Å². The van der Waals surface area contributed by atoms with Crippen LogP contribution < -0.4 is 0 Å². The van der Waals surface area contributed by atoms with Crippen LogP contribution in [-0.4, -0.2) is 45.1 Å². The Balaban J connectivity index is 1.87. The monoisotopic (exact) mass is 351 g/mol. The van der Waals surface area contributed by atoms with Gasteiger partial charge < -0.3 is 10.0 Å². The molecule has 1 fully saturated rings. The molecule has 1 aromatic carbocycles. The first-order valence-corrected chi connectivity index (χ1v) is 8.05. The fourth-order valence-corrected chi connectivity index (χ4v) is 2.89. The van der Waals surface area contributed by atoms with Crippen molar-refractivity contribution in [1.29, 1.82) is 0 Å². The Morgan fingerprint density at radius 3 is 2.78 bits per heavy atom. The highest BCUT2D eigenvalue weighted by Crippen LogP contribution is 2.27. The summed E-state index contributed by atoms with van der Waals surface area (Å²) in [6, 6.07) is 6.80. The largest absolute Gasteiger partial charge is 0.391 e. The minimum absolute atomic E-state index is 0.201. The normalized spacial score (nSPS) is 18.0. The minimum Gasteiger partial charge on any atom is -0.391 e. The van der Waals surface area contributed by atoms with Crippen LogP contribution in [0.15, 0.2) is 30.6 Å². The number of hydrogen-bond donors (Lipinski definition) is 1. The van der Waals surface area contributed by atoms with E-state index in [1.54, 1.807) is 29.2 Å². The second kappa shape index (κ2) is 6.83. The molecule has 7 heteroatoms. The summed E-state index contributed by atoms with van der Waals surface area (Å²) in [5.41, 5.74) is 1.66. The molecule has 2 aromatic rings. The predicted molar refractivity (Wildman–Crippen MR) is 88.6 cm³/mol. The number of halogens is 2. The molecule has 0 bridgehead atoms. The third kappa shape index (κ3) is 3.63. The van der Waals surface area contributed by atoms with Crippen molar-refractivity contribution in [2.75, 3.05) is 13.1 Å². The van der Waals surface area contributed by atoms with E-state index in [0.29, 0.717) is 34.5 Å². The van der Waals surface area contributed by atoms with Crippen LogP contribution in [0, 0.1) is 0 Å². The maximum Gasteiger partial charge on any atom is 0.272 e. The molecule has 0 aliphatic carbocycles. The van der Waals surface area contributed by atoms with Gasteiger partial charge in [0.2, 0.25) is 0 Å². The Kier molecular flexibility index (Phi) is 4.80. The standard InChI is InChI=1S/C16H15Cl2N3O2/c17-12-4-3-10(6-13(12)18)14-7-15(20-9-19-14)16(23)21-5-1-2-11(22)8-21/h3-4,6-7,9,11,22H,1-2,5,8H2. The van der Waals surface area contributed by atoms with Gasteiger partial charge in [-0.3, -0.25) is 4.79 Å². The first-order valence-electron chi connectivity index (χ1n) is 7.29. The molecule has 0 radical (unpaired) electrons. The number of likely N-dealkylation sites (tertiary alicyclic amines) is 1. The van der Waals surface area contributed by atoms with Gasteiger partial charge in [0.15, 0.2) is 0 Å². The summed E-state index contributed by atoms with van der Waals surface area (Å²) in [5.74, 6) is -0.201. The number of aromatic nitrogens is 2. The van der Waals surface area contributed by atoms with Crippen molar-refractivity contribution in [3.05, 3.63) is 46.3 Å². The summed E-state index contributed by atoms with van der Waals surface area (Å²) in [6.45, 7) is 0.965. The number of piperidine rings is 1. The number of hydrogen-bond acceptors (Lipinski definition) is 4. The SMILES string of the molecule is O=C(c1cc(-c2ccc(Cl)c(Cl)c2)ncn1)N1CCCC(O)C1. The van der Waals surface area contributed by atoms with Crippen LogP contribution in [0.25, 0.3) is 11.3 Å². The Morgan fingerprint density at radius 1 is 1.22 bits per heavy atom. The van der Waals surface area contributed by atoms with Crippen molar-refractivity contribution in [3.63, 3.8) is 0 Å². The van der Waals surface area contributed by atoms with Gasteiger partial charge in [-0.1, -0.05) is 29.3 Å². The lowest BCUT2D eigenvalue weighted by Gasteiger charge is -2.29. The first kappa shape index (κ1) is 16.2. The number of aliphatic hydroxyl groups excluding tert-OH is 1. The zero-order valence-corrected chi connectivity index (χ0v) is 13.8. The molecular weight excluding hydrogens is 337 g/mol. The van der Waals surface area contributed by atoms with Crippen molar-refractivity contribution < 1.29 is 9.90 Å². The first-order chi connectivity index (χ1) is 11.0. The summed E-state index contributed by atoms with van der Waals surface area (Å²) >= 11 is 11.9. The molecule has 1 unspecified atom stereocenters. The molecule has 120 valence electrons. The van der Waals surface area contributed by atoms with E-state index in [4.69, 9.17) is 23.2 Å². The lowest BCUT2D eigenvalue weighted by Crippen LogP contribution is -2.42. The lowest BCUT2D eigenvalue weighted by molar-refractivity contribution is 0.0469. The van der Waals surface area contributed by atoms with Crippen molar-refractivity contribution in [2.45, 2.75) is 18.9 Å². The van der Waals surface area contributed by atoms with Gasteiger partial charge in [-0.2, -0.15) is 0 Å². The zero-order chi connectivity index (χ0) is 16.4. The van der Waals surface area contributed by atoms with Crippen molar-refractivity contribution in [2.24, 2.45) is 0 Å². The van der Waals surface area contributed by atoms with Crippen LogP contribution in [0.3, 0.4) is 0 Å². The fourth-order valence-electron chi connectivity index (χ4n) is 2.59. The van der Waals surface area contributed by atoms with E-state index in [0.717, 1.165) is 18.4 Å². The van der Waals surface area contributed by atoms with Crippen LogP contribution in [0.1, 0.15) is 23.3 Å². The van der Waals surface area contributed by atoms with Crippen LogP contribution in [0.2, 0.25) is 10.0 Å². The summed E-state index contributed by atoms with van der Waals surface area (Å²) in [5, 5.41) is 10.6. The highest BCUT2D eigenvalue weighted by atomic mass is 35.5. The Hall–Kier alpha value is -1.69. The second-order valence-corrected chi connectivity index (χ2v) is 6.28. The average molecular weight is 352 g/mol. The molecule has 1 aliphatic heterocycles. The highest BCUT2D eigenvalue weighted by Gasteiger charge is 2.24. The molecule has 1 atom stereocenters. The van der Waals surface area contributed by atoms with Crippen molar-refractivity contribution in [3.8, 4) is 11.3 Å². The number of nitrogens with zero attached hydrogens (tertiary/aromatic N) is 3. The zero-order valence-electron chi connectivity index (χ0n) is 12.2. The number of carbonyl (C=O) groups is 1. The maximum absolute atomic E-state index is 12.5. The van der Waals surface area contributed by atoms with E-state index in [9.17, 15) is 9.90 Å². The molecule has 5 nitrogen and oxygen atoms in total. The minimum atomic E-state index is -0.468. The topological polar surface area (TPSA) is 66.3 Å². The average Bonchev–Trinajstić information content (AvgIpc) is 2.57. The van der Waals surface area contributed by atoms with E-state index < -0.39 is 6.10 Å². The van der Waals surface area contributed by atoms with Crippen LogP contribution >= 0.6 is 23.2 Å². The maximum atomic E-state index is 12.5. The molecular formula is C16H15Cl2N3O2. The van der Waals surface area contributed by atoms with Gasteiger partial charge in [-0.05, 0) is 31.0 Å². The third-order valence-corrected chi connectivity index (χ3v) is 4.52. The predicted octanol–water partition coefficient (Wildman–Crippen LogP) is 3.05. The van der Waals surface area contributed by atoms with Gasteiger partial charge in [-0.15, -0.1) is 0 Å². The Labute approximate surface area is 143 Å². The Bertz CT molecular complexity index is 739. The highest BCUT2D eigenvalue weighted by molar-refractivity contribution is 6.42. The summed E-state index contributed by atoms with van der Waals surface area (Å²) in [4.78, 5) is 22.4. The third-order valence-electron chi connectivity index (χ3n) is 3.79. The van der Waals surface area contributed by atoms with Crippen molar-refractivity contribution in [1.82, 2.24) is 14.9 Å². The summed E-state index contributed by atoms with van der Waals surface area (Å²) in [7, 11) is 0. The second-order valence-electron chi connectivity index (χ2n) is 5.46. The van der Waals surface area contributed by atoms with Crippen molar-refractivity contribution >= 4 is 29.1 Å². The van der Waals surface area contributed by atoms with E-state index in [1.165, 1.54) is 6.33 Å². The van der Waals surface area contributed by atoms with Crippen LogP contribution in [0.5, 0.6) is 0 Å². The molecule has 1 N–H and O–H groups in total. The molecule has 23 heavy (non-hydrogen) atoms. The number of carbonyl (C=O) groups excluding carboxylic acids is 1. The molecule has 0 saturated carbocycles. The summed E-state index contributed by atoms with van der Waals surface area (Å²) in [6.07, 6.45) is 2.40. The number of rotatable bonds is 2. The smallest absolute Gasteiger partial charge is 0.272 e. The molecule has 2 heterocycles. The molecule has 0 spiro atoms. The Morgan fingerprint density at radius 2 is 2.04 bits per heavy atom. The summed E-state index contributed by atoms with van der Waals surface area (Å²) < 4.78 is 0. The van der Waals surface area contributed by atoms with Gasteiger partial charge in [0.25, 0.3) is 5.91 Å². The van der Waals surface area contributed by atoms with Gasteiger partial charge in [-0.25, -0.2) is 9.97 Å². The number of β-amino-alcohol motifs (C(OH)–C–C–N with tert-alkyl or cyclic N) is 1. The van der Waals surface area contributed by atoms with E-state index in [2.05, 4.69) is 9.97 Å². The van der Waals surface area contributed by atoms with Gasteiger partial charge in [0.1, 0.15) is 12.0 Å². The molecule has 3 rings (SSSR count). The lowest BCUT2D eigenvalue weighted by atomic mass is 10.1. The molecule has 1 aromatic heterocycles. The van der Waals surface area contributed by atoms with Crippen LogP contribution in [-0.2, 0) is 0 Å². The van der Waals surface area contributed by atoms with E-state index in [1.807, 2.05) is 0 Å². The quantitative estimate of drug-likeness (QED) is 0.902. The molecule has 1 amide bonds. The van der Waals surface area contributed by atoms with Gasteiger partial charge in [0.05, 0.1) is 21.8 Å². The molecule has 1 aliphatic rings. The van der Waals surface area contributed by atoms with Gasteiger partial charge >= 0.3 is 0 Å². The van der Waals surface area contributed by atoms with Gasteiger partial charge in [0, 0.05) is 18.7 Å².